The van der Waals surface area contributed by atoms with Crippen molar-refractivity contribution in [3.63, 3.8) is 0 Å². The number of amides is 1. The lowest BCUT2D eigenvalue weighted by Crippen LogP contribution is -2.45. The van der Waals surface area contributed by atoms with Crippen molar-refractivity contribution in [1.29, 1.82) is 0 Å². The fraction of sp³-hybridized carbons (Fsp3) is 0.909. The van der Waals surface area contributed by atoms with Crippen LogP contribution in [0.15, 0.2) is 0 Å². The molecule has 1 N–H and O–H groups in total. The van der Waals surface area contributed by atoms with E-state index in [0.29, 0.717) is 32.7 Å². The van der Waals surface area contributed by atoms with Crippen molar-refractivity contribution in [3.05, 3.63) is 0 Å². The second-order valence-electron chi connectivity index (χ2n) is 4.82. The van der Waals surface area contributed by atoms with Crippen LogP contribution in [-0.4, -0.2) is 55.7 Å². The van der Waals surface area contributed by atoms with Gasteiger partial charge in [-0.3, -0.25) is 4.79 Å². The van der Waals surface area contributed by atoms with E-state index in [-0.39, 0.29) is 12.3 Å². The largest absolute Gasteiger partial charge is 0.355 e. The number of nitrogens with zero attached hydrogens (tertiary/aromatic N) is 2. The second-order valence-corrected chi connectivity index (χ2v) is 6.75. The third-order valence-corrected chi connectivity index (χ3v) is 5.52. The molecule has 2 fully saturated rings. The number of hydrogen-bond acceptors (Lipinski definition) is 3. The quantitative estimate of drug-likeness (QED) is 0.767. The predicted molar refractivity (Wildman–Crippen MR) is 68.2 cm³/mol. The zero-order valence-corrected chi connectivity index (χ0v) is 11.4. The highest BCUT2D eigenvalue weighted by Crippen LogP contribution is 2.17. The lowest BCUT2D eigenvalue weighted by Gasteiger charge is -2.27. The molecule has 104 valence electrons. The highest BCUT2D eigenvalue weighted by molar-refractivity contribution is 7.86. The minimum atomic E-state index is -3.38. The van der Waals surface area contributed by atoms with Crippen LogP contribution in [0.4, 0.5) is 0 Å². The van der Waals surface area contributed by atoms with Gasteiger partial charge in [-0.1, -0.05) is 12.8 Å². The van der Waals surface area contributed by atoms with E-state index >= 15 is 0 Å². The molecule has 0 saturated carbocycles. The molecule has 0 radical (unpaired) electrons. The standard InChI is InChI=1S/C11H21N3O3S/c15-11-5-9-14(10-6-12-11)18(16,17)13-7-3-1-2-4-8-13/h1-10H2,(H,12,15). The van der Waals surface area contributed by atoms with Gasteiger partial charge in [-0.15, -0.1) is 0 Å². The first kappa shape index (κ1) is 13.8. The molecular formula is C11H21N3O3S. The van der Waals surface area contributed by atoms with E-state index < -0.39 is 10.2 Å². The number of nitrogens with one attached hydrogen (secondary N) is 1. The minimum absolute atomic E-state index is 0.0661. The van der Waals surface area contributed by atoms with Crippen LogP contribution in [0.25, 0.3) is 0 Å². The topological polar surface area (TPSA) is 69.7 Å². The molecule has 0 bridgehead atoms. The van der Waals surface area contributed by atoms with Gasteiger partial charge >= 0.3 is 0 Å². The molecular weight excluding hydrogens is 254 g/mol. The Labute approximate surface area is 109 Å². The third-order valence-electron chi connectivity index (χ3n) is 3.49. The molecule has 0 unspecified atom stereocenters. The summed E-state index contributed by atoms with van der Waals surface area (Å²) in [7, 11) is -3.38. The Kier molecular flexibility index (Phi) is 4.58. The van der Waals surface area contributed by atoms with E-state index in [0.717, 1.165) is 25.7 Å². The molecule has 2 saturated heterocycles. The Morgan fingerprint density at radius 3 is 2.17 bits per heavy atom. The molecule has 0 aromatic rings. The van der Waals surface area contributed by atoms with Gasteiger partial charge < -0.3 is 5.32 Å². The van der Waals surface area contributed by atoms with Crippen molar-refractivity contribution >= 4 is 16.1 Å². The van der Waals surface area contributed by atoms with Gasteiger partial charge in [0, 0.05) is 39.1 Å². The average molecular weight is 275 g/mol. The van der Waals surface area contributed by atoms with Gasteiger partial charge in [0.1, 0.15) is 0 Å². The minimum Gasteiger partial charge on any atom is -0.355 e. The smallest absolute Gasteiger partial charge is 0.282 e. The molecule has 2 aliphatic rings. The normalized spacial score (nSPS) is 25.2. The maximum Gasteiger partial charge on any atom is 0.282 e. The maximum atomic E-state index is 12.5. The SMILES string of the molecule is O=C1CCN(S(=O)(=O)N2CCCCCC2)CCN1. The van der Waals surface area contributed by atoms with Crippen molar-refractivity contribution in [2.45, 2.75) is 32.1 Å². The van der Waals surface area contributed by atoms with E-state index in [1.54, 1.807) is 4.31 Å². The van der Waals surface area contributed by atoms with Crippen LogP contribution in [0.5, 0.6) is 0 Å². The Morgan fingerprint density at radius 2 is 1.50 bits per heavy atom. The van der Waals surface area contributed by atoms with Crippen molar-refractivity contribution in [3.8, 4) is 0 Å². The Balaban J connectivity index is 2.06. The molecule has 18 heavy (non-hydrogen) atoms. The first-order chi connectivity index (χ1) is 8.60. The van der Waals surface area contributed by atoms with Crippen LogP contribution in [0, 0.1) is 0 Å². The average Bonchev–Trinajstić information content (AvgIpc) is 2.71. The summed E-state index contributed by atoms with van der Waals surface area (Å²) >= 11 is 0. The van der Waals surface area contributed by atoms with Crippen LogP contribution < -0.4 is 5.32 Å². The molecule has 2 heterocycles. The van der Waals surface area contributed by atoms with Gasteiger partial charge in [0.15, 0.2) is 0 Å². The zero-order valence-electron chi connectivity index (χ0n) is 10.6. The van der Waals surface area contributed by atoms with Crippen LogP contribution in [0.2, 0.25) is 0 Å². The summed E-state index contributed by atoms with van der Waals surface area (Å²) in [5.41, 5.74) is 0. The summed E-state index contributed by atoms with van der Waals surface area (Å²) in [5, 5.41) is 2.70. The summed E-state index contributed by atoms with van der Waals surface area (Å²) in [6.45, 7) is 2.31. The van der Waals surface area contributed by atoms with Crippen LogP contribution in [0.1, 0.15) is 32.1 Å². The fourth-order valence-corrected chi connectivity index (χ4v) is 4.10. The number of rotatable bonds is 2. The molecule has 0 aliphatic carbocycles. The summed E-state index contributed by atoms with van der Waals surface area (Å²) in [6, 6.07) is 0. The van der Waals surface area contributed by atoms with E-state index in [4.69, 9.17) is 0 Å². The lowest BCUT2D eigenvalue weighted by molar-refractivity contribution is -0.120. The van der Waals surface area contributed by atoms with Gasteiger partial charge in [0.2, 0.25) is 5.91 Å². The number of hydrogen-bond donors (Lipinski definition) is 1. The molecule has 0 spiro atoms. The summed E-state index contributed by atoms with van der Waals surface area (Å²) in [5.74, 6) is -0.0661. The van der Waals surface area contributed by atoms with Crippen LogP contribution in [-0.2, 0) is 15.0 Å². The Hall–Kier alpha value is -0.660. The molecule has 0 atom stereocenters. The van der Waals surface area contributed by atoms with Crippen LogP contribution in [0.3, 0.4) is 0 Å². The molecule has 7 heteroatoms. The van der Waals surface area contributed by atoms with Crippen molar-refractivity contribution in [2.75, 3.05) is 32.7 Å². The third kappa shape index (κ3) is 3.21. The Morgan fingerprint density at radius 1 is 0.889 bits per heavy atom. The first-order valence-corrected chi connectivity index (χ1v) is 8.02. The predicted octanol–water partition coefficient (Wildman–Crippen LogP) is -0.0709. The molecule has 6 nitrogen and oxygen atoms in total. The highest BCUT2D eigenvalue weighted by atomic mass is 32.2. The van der Waals surface area contributed by atoms with E-state index in [9.17, 15) is 13.2 Å². The maximum absolute atomic E-state index is 12.5. The first-order valence-electron chi connectivity index (χ1n) is 6.62. The van der Waals surface area contributed by atoms with E-state index in [1.165, 1.54) is 4.31 Å². The second kappa shape index (κ2) is 5.99. The van der Waals surface area contributed by atoms with Gasteiger partial charge in [-0.25, -0.2) is 0 Å². The summed E-state index contributed by atoms with van der Waals surface area (Å²) in [4.78, 5) is 11.2. The van der Waals surface area contributed by atoms with E-state index in [1.807, 2.05) is 0 Å². The lowest BCUT2D eigenvalue weighted by atomic mass is 10.2. The van der Waals surface area contributed by atoms with Crippen LogP contribution >= 0.6 is 0 Å². The highest BCUT2D eigenvalue weighted by Gasteiger charge is 2.31. The van der Waals surface area contributed by atoms with Gasteiger partial charge in [-0.2, -0.15) is 17.0 Å². The monoisotopic (exact) mass is 275 g/mol. The molecule has 1 amide bonds. The molecule has 0 aromatic carbocycles. The molecule has 0 aromatic heterocycles. The molecule has 2 rings (SSSR count). The number of carbonyl (C=O) groups is 1. The van der Waals surface area contributed by atoms with Crippen molar-refractivity contribution in [2.24, 2.45) is 0 Å². The Bertz CT molecular complexity index is 388. The molecule has 2 aliphatic heterocycles. The van der Waals surface area contributed by atoms with Crippen molar-refractivity contribution < 1.29 is 13.2 Å². The van der Waals surface area contributed by atoms with Crippen molar-refractivity contribution in [1.82, 2.24) is 13.9 Å². The van der Waals surface area contributed by atoms with Gasteiger partial charge in [0.05, 0.1) is 0 Å². The summed E-state index contributed by atoms with van der Waals surface area (Å²) < 4.78 is 28.0. The van der Waals surface area contributed by atoms with E-state index in [2.05, 4.69) is 5.32 Å². The zero-order chi connectivity index (χ0) is 13.0. The van der Waals surface area contributed by atoms with Gasteiger partial charge in [0.25, 0.3) is 10.2 Å². The fourth-order valence-electron chi connectivity index (χ4n) is 2.41. The van der Waals surface area contributed by atoms with Gasteiger partial charge in [-0.05, 0) is 12.8 Å². The summed E-state index contributed by atoms with van der Waals surface area (Å²) in [6.07, 6.45) is 4.33. The number of carbonyl (C=O) groups excluding carboxylic acids is 1.